The zero-order valence-electron chi connectivity index (χ0n) is 17.4. The Bertz CT molecular complexity index is 1020. The van der Waals surface area contributed by atoms with E-state index in [9.17, 15) is 14.7 Å². The van der Waals surface area contributed by atoms with Crippen molar-refractivity contribution >= 4 is 51.5 Å². The zero-order valence-corrected chi connectivity index (χ0v) is 20.5. The van der Waals surface area contributed by atoms with Crippen LogP contribution < -0.4 is 5.32 Å². The number of carboxylic acids is 1. The van der Waals surface area contributed by atoms with Gasteiger partial charge in [-0.15, -0.1) is 0 Å². The quantitative estimate of drug-likeness (QED) is 0.338. The van der Waals surface area contributed by atoms with E-state index in [1.807, 2.05) is 30.5 Å². The molecule has 1 amide bonds. The van der Waals surface area contributed by atoms with E-state index in [4.69, 9.17) is 23.2 Å². The number of halogens is 3. The largest absolute Gasteiger partial charge is 0.476 e. The van der Waals surface area contributed by atoms with Crippen molar-refractivity contribution in [3.05, 3.63) is 74.0 Å². The van der Waals surface area contributed by atoms with E-state index in [1.165, 1.54) is 11.1 Å². The number of hydrogen-bond donors (Lipinski definition) is 2. The summed E-state index contributed by atoms with van der Waals surface area (Å²) in [6, 6.07) is 6.50. The van der Waals surface area contributed by atoms with Crippen molar-refractivity contribution in [3.63, 3.8) is 0 Å². The van der Waals surface area contributed by atoms with Gasteiger partial charge in [0.15, 0.2) is 10.4 Å². The van der Waals surface area contributed by atoms with Crippen LogP contribution in [0.25, 0.3) is 0 Å². The molecule has 10 heteroatoms. The lowest BCUT2D eigenvalue weighted by Crippen LogP contribution is -2.26. The number of amides is 1. The molecule has 1 unspecified atom stereocenters. The summed E-state index contributed by atoms with van der Waals surface area (Å²) in [5.74, 6) is -1.14. The lowest BCUT2D eigenvalue weighted by Gasteiger charge is -2.25. The first-order valence-electron chi connectivity index (χ1n) is 9.30. The van der Waals surface area contributed by atoms with Crippen molar-refractivity contribution in [3.8, 4) is 0 Å². The van der Waals surface area contributed by atoms with E-state index in [0.29, 0.717) is 32.6 Å². The lowest BCUT2D eigenvalue weighted by atomic mass is 10.0. The smallest absolute Gasteiger partial charge is 0.356 e. The van der Waals surface area contributed by atoms with E-state index in [2.05, 4.69) is 26.2 Å². The minimum absolute atomic E-state index is 0.0596. The molecule has 1 heterocycles. The predicted octanol–water partition coefficient (Wildman–Crippen LogP) is 5.33. The van der Waals surface area contributed by atoms with Crippen LogP contribution in [-0.4, -0.2) is 39.0 Å². The molecule has 0 saturated carbocycles. The highest BCUT2D eigenvalue weighted by Crippen LogP contribution is 2.32. The number of benzene rings is 1. The summed E-state index contributed by atoms with van der Waals surface area (Å²) in [6.45, 7) is 5.68. The Balaban J connectivity index is 2.64. The van der Waals surface area contributed by atoms with Gasteiger partial charge in [0.1, 0.15) is 0 Å². The fourth-order valence-electron chi connectivity index (χ4n) is 3.04. The van der Waals surface area contributed by atoms with Crippen LogP contribution in [-0.2, 0) is 4.79 Å². The molecule has 0 fully saturated rings. The Hall–Kier alpha value is -2.29. The summed E-state index contributed by atoms with van der Waals surface area (Å²) in [4.78, 5) is 28.3. The average molecular weight is 530 g/mol. The summed E-state index contributed by atoms with van der Waals surface area (Å²) < 4.78 is 2.24. The topological polar surface area (TPSA) is 87.5 Å². The van der Waals surface area contributed by atoms with E-state index in [0.717, 1.165) is 5.56 Å². The van der Waals surface area contributed by atoms with Crippen LogP contribution in [0.5, 0.6) is 0 Å². The molecule has 7 nitrogen and oxygen atoms in total. The molecule has 1 atom stereocenters. The number of carbonyl (C=O) groups excluding carboxylic acids is 1. The molecule has 0 radical (unpaired) electrons. The number of aromatic nitrogens is 2. The molecule has 0 bridgehead atoms. The molecule has 2 rings (SSSR count). The van der Waals surface area contributed by atoms with Crippen LogP contribution in [0.2, 0.25) is 5.02 Å². The number of rotatable bonds is 9. The molecule has 2 aromatic rings. The highest BCUT2D eigenvalue weighted by molar-refractivity contribution is 9.10. The fourth-order valence-corrected chi connectivity index (χ4v) is 4.27. The maximum absolute atomic E-state index is 12.0. The monoisotopic (exact) mass is 528 g/mol. The summed E-state index contributed by atoms with van der Waals surface area (Å²) in [5, 5.41) is 14.0. The van der Waals surface area contributed by atoms with Gasteiger partial charge in [0.2, 0.25) is 6.41 Å². The third-order valence-electron chi connectivity index (χ3n) is 4.32. The van der Waals surface area contributed by atoms with Crippen molar-refractivity contribution in [2.45, 2.75) is 32.9 Å². The molecule has 0 aliphatic rings. The van der Waals surface area contributed by atoms with Gasteiger partial charge in [0.05, 0.1) is 16.8 Å². The Morgan fingerprint density at radius 1 is 1.32 bits per heavy atom. The summed E-state index contributed by atoms with van der Waals surface area (Å²) >= 11 is 15.7. The summed E-state index contributed by atoms with van der Waals surface area (Å²) in [7, 11) is 1.57. The lowest BCUT2D eigenvalue weighted by molar-refractivity contribution is -0.115. The first-order chi connectivity index (χ1) is 14.5. The second-order valence-corrected chi connectivity index (χ2v) is 8.71. The number of allylic oxidation sites excluding steroid dienone is 3. The Labute approximate surface area is 199 Å². The Morgan fingerprint density at radius 3 is 2.45 bits per heavy atom. The maximum atomic E-state index is 12.0. The highest BCUT2D eigenvalue weighted by Gasteiger charge is 2.30. The van der Waals surface area contributed by atoms with E-state index in [1.54, 1.807) is 32.2 Å². The standard InChI is InChI=1S/C21H23BrCl2N4O3/c1-12(2)28-19(18(20(30)31)26-21(28)22)17(14-5-7-15(23)8-6-14)25-13(3)9-16(24)10-27(4)11-29/h5-12,17,25H,1-4H3,(H,30,31)/b13-9+,16-10+. The van der Waals surface area contributed by atoms with Gasteiger partial charge in [0.25, 0.3) is 0 Å². The van der Waals surface area contributed by atoms with Gasteiger partial charge in [0, 0.05) is 30.0 Å². The van der Waals surface area contributed by atoms with Crippen molar-refractivity contribution in [2.24, 2.45) is 0 Å². The minimum Gasteiger partial charge on any atom is -0.476 e. The van der Waals surface area contributed by atoms with Crippen LogP contribution in [0.15, 0.2) is 52.0 Å². The summed E-state index contributed by atoms with van der Waals surface area (Å²) in [5.41, 5.74) is 1.86. The van der Waals surface area contributed by atoms with Crippen LogP contribution in [0.1, 0.15) is 54.6 Å². The minimum atomic E-state index is -1.14. The number of nitrogens with one attached hydrogen (secondary N) is 1. The fraction of sp³-hybridized carbons (Fsp3) is 0.286. The van der Waals surface area contributed by atoms with Crippen LogP contribution in [0.3, 0.4) is 0 Å². The number of carbonyl (C=O) groups is 2. The summed E-state index contributed by atoms with van der Waals surface area (Å²) in [6.07, 6.45) is 3.75. The molecule has 0 spiro atoms. The zero-order chi connectivity index (χ0) is 23.3. The molecular formula is C21H23BrCl2N4O3. The normalized spacial score (nSPS) is 13.3. The van der Waals surface area contributed by atoms with E-state index in [-0.39, 0.29) is 11.7 Å². The average Bonchev–Trinajstić information content (AvgIpc) is 3.04. The molecule has 0 saturated heterocycles. The molecule has 31 heavy (non-hydrogen) atoms. The predicted molar refractivity (Wildman–Crippen MR) is 125 cm³/mol. The number of carboxylic acid groups (broad SMARTS) is 1. The van der Waals surface area contributed by atoms with E-state index >= 15 is 0 Å². The van der Waals surface area contributed by atoms with E-state index < -0.39 is 12.0 Å². The third kappa shape index (κ3) is 6.35. The van der Waals surface area contributed by atoms with Gasteiger partial charge in [-0.25, -0.2) is 9.78 Å². The molecule has 0 aliphatic heterocycles. The Kier molecular flexibility index (Phi) is 8.73. The highest BCUT2D eigenvalue weighted by atomic mass is 79.9. The van der Waals surface area contributed by atoms with Crippen LogP contribution in [0.4, 0.5) is 0 Å². The van der Waals surface area contributed by atoms with Gasteiger partial charge in [-0.05, 0) is 60.5 Å². The molecule has 166 valence electrons. The number of aromatic carboxylic acids is 1. The second kappa shape index (κ2) is 10.8. The molecule has 0 aliphatic carbocycles. The van der Waals surface area contributed by atoms with Gasteiger partial charge in [-0.2, -0.15) is 0 Å². The van der Waals surface area contributed by atoms with Gasteiger partial charge >= 0.3 is 5.97 Å². The number of imidazole rings is 1. The van der Waals surface area contributed by atoms with Gasteiger partial charge in [-0.3, -0.25) is 4.79 Å². The van der Waals surface area contributed by atoms with Crippen molar-refractivity contribution in [1.29, 1.82) is 0 Å². The molecular weight excluding hydrogens is 507 g/mol. The Morgan fingerprint density at radius 2 is 1.94 bits per heavy atom. The maximum Gasteiger partial charge on any atom is 0.356 e. The van der Waals surface area contributed by atoms with Crippen LogP contribution in [0, 0.1) is 0 Å². The van der Waals surface area contributed by atoms with Crippen molar-refractivity contribution in [1.82, 2.24) is 19.8 Å². The van der Waals surface area contributed by atoms with Crippen molar-refractivity contribution < 1.29 is 14.7 Å². The first-order valence-corrected chi connectivity index (χ1v) is 10.9. The first kappa shape index (κ1) is 25.0. The van der Waals surface area contributed by atoms with Gasteiger partial charge < -0.3 is 19.9 Å². The second-order valence-electron chi connectivity index (χ2n) is 7.12. The molecule has 2 N–H and O–H groups in total. The number of hydrogen-bond acceptors (Lipinski definition) is 4. The SMILES string of the molecule is C/C(=C\C(Cl)=C/N(C)C=O)NC(c1ccc(Cl)cc1)c1c(C(=O)O)nc(Br)n1C(C)C. The van der Waals surface area contributed by atoms with Crippen molar-refractivity contribution in [2.75, 3.05) is 7.05 Å². The molecule has 1 aromatic heterocycles. The molecule has 1 aromatic carbocycles. The van der Waals surface area contributed by atoms with Gasteiger partial charge in [-0.1, -0.05) is 35.3 Å². The third-order valence-corrected chi connectivity index (χ3v) is 5.34. The number of nitrogens with zero attached hydrogens (tertiary/aromatic N) is 3. The van der Waals surface area contributed by atoms with Crippen LogP contribution >= 0.6 is 39.1 Å².